The van der Waals surface area contributed by atoms with Gasteiger partial charge in [0.1, 0.15) is 0 Å². The second-order valence-corrected chi connectivity index (χ2v) is 25.8. The summed E-state index contributed by atoms with van der Waals surface area (Å²) >= 11 is 0. The molecule has 44 heavy (non-hydrogen) atoms. The monoisotopic (exact) mass is 634 g/mol. The summed E-state index contributed by atoms with van der Waals surface area (Å²) < 4.78 is 0. The molecule has 246 valence electrons. The van der Waals surface area contributed by atoms with E-state index < -0.39 is 7.92 Å². The number of rotatable bonds is 2. The maximum absolute atomic E-state index is 2.59. The molecule has 1 heterocycles. The standard InChI is InChI=1S/C42H68P2/c1-36(2,3)26-22-28(38(7,8)9)32(29(23-26)39(10,11)12)34-43-35(44(34)42(19,20)21)33-30(40(13,14)15)24-27(37(4,5)6)25-31(33)41(16,17)18/h22-25,34H,1-21H3/t34-,44?/m0/s1. The predicted octanol–water partition coefficient (Wildman–Crippen LogP) is 13.9. The molecule has 1 aliphatic heterocycles. The van der Waals surface area contributed by atoms with Crippen LogP contribution in [0.4, 0.5) is 0 Å². The highest BCUT2D eigenvalue weighted by Crippen LogP contribution is 2.77. The number of benzene rings is 2. The molecule has 0 saturated heterocycles. The number of hydrogen-bond donors (Lipinski definition) is 0. The highest BCUT2D eigenvalue weighted by Gasteiger charge is 2.48. The van der Waals surface area contributed by atoms with Crippen LogP contribution < -0.4 is 0 Å². The Kier molecular flexibility index (Phi) is 9.66. The van der Waals surface area contributed by atoms with Crippen molar-refractivity contribution in [2.45, 2.75) is 188 Å². The van der Waals surface area contributed by atoms with Gasteiger partial charge in [0.2, 0.25) is 0 Å². The van der Waals surface area contributed by atoms with E-state index >= 15 is 0 Å². The zero-order chi connectivity index (χ0) is 34.4. The molecule has 0 bridgehead atoms. The van der Waals surface area contributed by atoms with E-state index in [1.165, 1.54) is 19.3 Å². The molecule has 0 saturated carbocycles. The smallest absolute Gasteiger partial charge is 0.0519 e. The van der Waals surface area contributed by atoms with Crippen LogP contribution in [0.1, 0.15) is 195 Å². The van der Waals surface area contributed by atoms with E-state index in [1.807, 2.05) is 0 Å². The van der Waals surface area contributed by atoms with Crippen molar-refractivity contribution in [3.8, 4) is 0 Å². The van der Waals surface area contributed by atoms with Gasteiger partial charge in [0.05, 0.1) is 5.40 Å². The number of hydrogen-bond acceptors (Lipinski definition) is 0. The maximum atomic E-state index is 2.59. The summed E-state index contributed by atoms with van der Waals surface area (Å²) in [4.78, 5) is 0. The van der Waals surface area contributed by atoms with Crippen LogP contribution in [-0.2, 0) is 32.5 Å². The van der Waals surface area contributed by atoms with Gasteiger partial charge in [-0.15, -0.1) is 0 Å². The topological polar surface area (TPSA) is 0 Å². The maximum Gasteiger partial charge on any atom is 0.0519 e. The Hall–Kier alpha value is -0.960. The molecule has 0 N–H and O–H groups in total. The van der Waals surface area contributed by atoms with E-state index in [4.69, 9.17) is 0 Å². The highest BCUT2D eigenvalue weighted by atomic mass is 31.2. The lowest BCUT2D eigenvalue weighted by Crippen LogP contribution is -2.33. The zero-order valence-corrected chi connectivity index (χ0v) is 34.6. The van der Waals surface area contributed by atoms with Crippen LogP contribution in [0.15, 0.2) is 24.3 Å². The summed E-state index contributed by atoms with van der Waals surface area (Å²) in [6.45, 7) is 51.0. The summed E-state index contributed by atoms with van der Waals surface area (Å²) in [6, 6.07) is 10.3. The summed E-state index contributed by atoms with van der Waals surface area (Å²) in [7, 11) is 1.07. The van der Waals surface area contributed by atoms with E-state index in [0.717, 1.165) is 0 Å². The molecule has 0 aromatic heterocycles. The zero-order valence-electron chi connectivity index (χ0n) is 32.8. The molecule has 0 spiro atoms. The van der Waals surface area contributed by atoms with Crippen LogP contribution in [0, 0.1) is 0 Å². The molecule has 0 fully saturated rings. The van der Waals surface area contributed by atoms with Gasteiger partial charge in [-0.05, 0) is 90.1 Å². The molecular weight excluding hydrogens is 566 g/mol. The molecule has 2 atom stereocenters. The predicted molar refractivity (Wildman–Crippen MR) is 206 cm³/mol. The molecule has 3 rings (SSSR count). The summed E-state index contributed by atoms with van der Waals surface area (Å²) in [6.07, 6.45) is 0. The van der Waals surface area contributed by atoms with Crippen molar-refractivity contribution in [1.29, 1.82) is 0 Å². The van der Waals surface area contributed by atoms with E-state index in [2.05, 4.69) is 170 Å². The fraction of sp³-hybridized carbons (Fsp3) is 0.690. The SMILES string of the molecule is CC(C)(C)c1cc(C(C)(C)C)c(C2=P[C@H](c3c(C(C)(C)C)cc(C(C)(C)C)cc3C(C)(C)C)P2C(C)(C)C)c(C(C)(C)C)c1. The van der Waals surface area contributed by atoms with E-state index in [0.29, 0.717) is 5.40 Å². The average Bonchev–Trinajstić information content (AvgIpc) is 2.72. The molecular formula is C42H68P2. The van der Waals surface area contributed by atoms with Crippen molar-refractivity contribution in [3.05, 3.63) is 68.8 Å². The van der Waals surface area contributed by atoms with Crippen molar-refractivity contribution in [2.75, 3.05) is 0 Å². The lowest BCUT2D eigenvalue weighted by molar-refractivity contribution is 0.541. The van der Waals surface area contributed by atoms with Gasteiger partial charge >= 0.3 is 0 Å². The molecule has 0 radical (unpaired) electrons. The lowest BCUT2D eigenvalue weighted by atomic mass is 9.72. The molecule has 0 aliphatic carbocycles. The van der Waals surface area contributed by atoms with Crippen molar-refractivity contribution in [2.24, 2.45) is 0 Å². The molecule has 1 unspecified atom stereocenters. The van der Waals surface area contributed by atoms with Gasteiger partial charge in [-0.2, -0.15) is 0 Å². The van der Waals surface area contributed by atoms with Crippen LogP contribution in [-0.4, -0.2) is 10.2 Å². The van der Waals surface area contributed by atoms with Gasteiger partial charge < -0.3 is 0 Å². The van der Waals surface area contributed by atoms with Crippen LogP contribution >= 0.6 is 16.1 Å². The first kappa shape index (κ1) is 37.5. The van der Waals surface area contributed by atoms with Gasteiger partial charge in [0.25, 0.3) is 0 Å². The Labute approximate surface area is 277 Å². The van der Waals surface area contributed by atoms with Crippen LogP contribution in [0.3, 0.4) is 0 Å². The summed E-state index contributed by atoms with van der Waals surface area (Å²) in [5.41, 5.74) is 12.9. The first-order valence-corrected chi connectivity index (χ1v) is 19.4. The first-order chi connectivity index (χ1) is 19.3. The fourth-order valence-electron chi connectivity index (χ4n) is 6.46. The second-order valence-electron chi connectivity index (χ2n) is 20.8. The Morgan fingerprint density at radius 2 is 0.727 bits per heavy atom. The second kappa shape index (κ2) is 11.3. The molecule has 2 aromatic rings. The molecule has 1 aliphatic rings. The van der Waals surface area contributed by atoms with Crippen LogP contribution in [0.5, 0.6) is 0 Å². The minimum Gasteiger partial charge on any atom is -0.0819 e. The fourth-order valence-corrected chi connectivity index (χ4v) is 13.5. The van der Waals surface area contributed by atoms with Crippen molar-refractivity contribution < 1.29 is 0 Å². The minimum absolute atomic E-state index is 0.0601. The first-order valence-electron chi connectivity index (χ1n) is 17.0. The Morgan fingerprint density at radius 1 is 0.432 bits per heavy atom. The molecule has 0 amide bonds. The molecule has 0 nitrogen and oxygen atoms in total. The minimum atomic E-state index is -0.443. The third-order valence-electron chi connectivity index (χ3n) is 9.20. The van der Waals surface area contributed by atoms with Gasteiger partial charge in [0.15, 0.2) is 0 Å². The largest absolute Gasteiger partial charge is 0.0819 e. The van der Waals surface area contributed by atoms with Crippen molar-refractivity contribution >= 4 is 21.2 Å². The molecule has 2 heteroatoms. The quantitative estimate of drug-likeness (QED) is 0.288. The van der Waals surface area contributed by atoms with Gasteiger partial charge in [-0.1, -0.05) is 178 Å². The van der Waals surface area contributed by atoms with Crippen LogP contribution in [0.25, 0.3) is 0 Å². The van der Waals surface area contributed by atoms with E-state index in [1.54, 1.807) is 38.4 Å². The van der Waals surface area contributed by atoms with Gasteiger partial charge in [-0.3, -0.25) is 0 Å². The molecule has 2 aromatic carbocycles. The average molecular weight is 635 g/mol. The third kappa shape index (κ3) is 7.60. The summed E-state index contributed by atoms with van der Waals surface area (Å²) in [5.74, 6) is 0. The normalized spacial score (nSPS) is 19.5. The third-order valence-corrected chi connectivity index (χ3v) is 15.1. The Balaban J connectivity index is 2.55. The Morgan fingerprint density at radius 3 is 0.977 bits per heavy atom. The summed E-state index contributed by atoms with van der Waals surface area (Å²) in [5, 5.41) is 2.47. The van der Waals surface area contributed by atoms with Crippen molar-refractivity contribution in [1.82, 2.24) is 0 Å². The van der Waals surface area contributed by atoms with E-state index in [-0.39, 0.29) is 37.6 Å². The van der Waals surface area contributed by atoms with E-state index in [9.17, 15) is 0 Å². The van der Waals surface area contributed by atoms with Crippen molar-refractivity contribution in [3.63, 3.8) is 0 Å². The van der Waals surface area contributed by atoms with Gasteiger partial charge in [0, 0.05) is 5.03 Å². The van der Waals surface area contributed by atoms with Crippen LogP contribution in [0.2, 0.25) is 0 Å². The Bertz CT molecular complexity index is 1350. The highest BCUT2D eigenvalue weighted by molar-refractivity contribution is 7.99. The lowest BCUT2D eigenvalue weighted by Gasteiger charge is -2.49. The van der Waals surface area contributed by atoms with Gasteiger partial charge in [-0.25, -0.2) is 0 Å².